The number of rotatable bonds is 8. The second kappa shape index (κ2) is 17.4. The van der Waals surface area contributed by atoms with E-state index in [1.165, 1.54) is 22.3 Å². The molecule has 0 saturated heterocycles. The minimum absolute atomic E-state index is 0.789. The summed E-state index contributed by atoms with van der Waals surface area (Å²) < 4.78 is 21.7. The quantitative estimate of drug-likeness (QED) is 0.152. The van der Waals surface area contributed by atoms with Gasteiger partial charge in [0.2, 0.25) is 0 Å². The normalized spacial score (nSPS) is 11.9. The molecule has 0 fully saturated rings. The molecule has 366 valence electrons. The van der Waals surface area contributed by atoms with E-state index in [1.54, 1.807) is 0 Å². The van der Waals surface area contributed by atoms with Gasteiger partial charge in [0.25, 0.3) is 0 Å². The topological polar surface area (TPSA) is 45.9 Å². The molecule has 0 unspecified atom stereocenters. The Hall–Kier alpha value is -9.84. The summed E-state index contributed by atoms with van der Waals surface area (Å²) in [5, 5.41) is 10.8. The summed E-state index contributed by atoms with van der Waals surface area (Å²) >= 11 is 0. The van der Waals surface area contributed by atoms with Crippen molar-refractivity contribution in [1.29, 1.82) is 0 Å². The first kappa shape index (κ1) is 44.6. The van der Waals surface area contributed by atoms with Crippen LogP contribution in [0.3, 0.4) is 0 Å². The lowest BCUT2D eigenvalue weighted by atomic mass is 9.96. The fourth-order valence-electron chi connectivity index (χ4n) is 12.2. The molecule has 5 nitrogen and oxygen atoms in total. The van der Waals surface area contributed by atoms with Crippen LogP contribution in [0, 0.1) is 27.7 Å². The number of para-hydroxylation sites is 4. The predicted octanol–water partition coefficient (Wildman–Crippen LogP) is 21.2. The zero-order valence-electron chi connectivity index (χ0n) is 43.1. The Bertz CT molecular complexity index is 4560. The first-order chi connectivity index (χ1) is 37.9. The van der Waals surface area contributed by atoms with Crippen molar-refractivity contribution in [3.8, 4) is 22.3 Å². The van der Waals surface area contributed by atoms with E-state index in [4.69, 9.17) is 13.3 Å². The van der Waals surface area contributed by atoms with E-state index in [0.717, 1.165) is 144 Å². The highest BCUT2D eigenvalue weighted by Gasteiger charge is 2.28. The van der Waals surface area contributed by atoms with Crippen LogP contribution in [-0.2, 0) is 0 Å². The van der Waals surface area contributed by atoms with Crippen molar-refractivity contribution in [3.05, 3.63) is 253 Å². The van der Waals surface area contributed by atoms with E-state index >= 15 is 0 Å². The lowest BCUT2D eigenvalue weighted by Gasteiger charge is -2.27. The average Bonchev–Trinajstić information content (AvgIpc) is 4.35. The largest absolute Gasteiger partial charge is 0.456 e. The number of benzene rings is 12. The van der Waals surface area contributed by atoms with Gasteiger partial charge < -0.3 is 23.1 Å². The number of anilines is 6. The highest BCUT2D eigenvalue weighted by atomic mass is 16.3. The molecule has 5 heteroatoms. The molecule has 3 aromatic heterocycles. The Balaban J connectivity index is 0.982. The van der Waals surface area contributed by atoms with Crippen molar-refractivity contribution >= 4 is 121 Å². The van der Waals surface area contributed by atoms with Gasteiger partial charge >= 0.3 is 0 Å². The number of aryl methyl sites for hydroxylation is 4. The van der Waals surface area contributed by atoms with Gasteiger partial charge in [-0.05, 0) is 97.1 Å². The fourth-order valence-corrected chi connectivity index (χ4v) is 12.2. The van der Waals surface area contributed by atoms with Gasteiger partial charge in [0.05, 0.1) is 22.7 Å². The Kier molecular flexibility index (Phi) is 10.1. The summed E-state index contributed by atoms with van der Waals surface area (Å²) in [7, 11) is 0. The minimum Gasteiger partial charge on any atom is -0.456 e. The molecule has 0 spiro atoms. The highest BCUT2D eigenvalue weighted by molar-refractivity contribution is 6.31. The lowest BCUT2D eigenvalue weighted by molar-refractivity contribution is 0.668. The van der Waals surface area contributed by atoms with E-state index in [-0.39, 0.29) is 0 Å². The summed E-state index contributed by atoms with van der Waals surface area (Å²) in [5.41, 5.74) is 20.0. The lowest BCUT2D eigenvalue weighted by Crippen LogP contribution is -2.11. The van der Waals surface area contributed by atoms with Crippen molar-refractivity contribution in [2.24, 2.45) is 0 Å². The van der Waals surface area contributed by atoms with Crippen molar-refractivity contribution in [3.63, 3.8) is 0 Å². The van der Waals surface area contributed by atoms with Crippen LogP contribution in [0.15, 0.2) is 244 Å². The van der Waals surface area contributed by atoms with Crippen LogP contribution >= 0.6 is 0 Å². The fraction of sp³-hybridized carbons (Fsp3) is 0.0556. The third-order valence-electron chi connectivity index (χ3n) is 15.9. The third-order valence-corrected chi connectivity index (χ3v) is 15.9. The molecule has 0 saturated carbocycles. The molecule has 15 aromatic rings. The molecule has 15 rings (SSSR count). The van der Waals surface area contributed by atoms with Gasteiger partial charge in [-0.1, -0.05) is 193 Å². The van der Waals surface area contributed by atoms with E-state index in [1.807, 2.05) is 0 Å². The van der Waals surface area contributed by atoms with Gasteiger partial charge in [-0.2, -0.15) is 0 Å². The second-order valence-corrected chi connectivity index (χ2v) is 20.6. The standard InChI is InChI=1S/C72H50N2O3/c1-43-33-37-47(38-34-43)73(61-31-15-29-59-57-27-13-25-55(69(57)76-71(59)61)49-19-7-5-17-45(49)3)63-41-65-67(53-23-11-9-21-51(53)63)68-54-24-12-10-22-52(54)64(42-66(68)75-65)74(48-39-35-44(2)36-40-48)62-32-16-30-60-58-28-14-26-56(70(58)77-72(60)62)50-20-8-6-18-46(50)4/h5-42H,1-4H3. The highest BCUT2D eigenvalue weighted by Crippen LogP contribution is 2.52. The molecule has 12 aromatic carbocycles. The summed E-state index contributed by atoms with van der Waals surface area (Å²) in [5.74, 6) is 0. The van der Waals surface area contributed by atoms with Crippen LogP contribution in [0.25, 0.3) is 110 Å². The molecule has 0 atom stereocenters. The summed E-state index contributed by atoms with van der Waals surface area (Å²) in [6.45, 7) is 8.59. The van der Waals surface area contributed by atoms with Crippen LogP contribution < -0.4 is 9.80 Å². The zero-order valence-corrected chi connectivity index (χ0v) is 43.1. The maximum absolute atomic E-state index is 7.35. The van der Waals surface area contributed by atoms with Gasteiger partial charge in [0, 0.05) is 77.7 Å². The molecular weight excluding hydrogens is 941 g/mol. The Labute approximate surface area is 445 Å². The smallest absolute Gasteiger partial charge is 0.159 e. The first-order valence-corrected chi connectivity index (χ1v) is 26.4. The van der Waals surface area contributed by atoms with Gasteiger partial charge in [0.15, 0.2) is 11.2 Å². The maximum atomic E-state index is 7.35. The SMILES string of the molecule is Cc1ccc(N(c2cc3oc4cc(N(c5ccc(C)cc5)c5cccc6c5oc5c(-c7ccccc7C)cccc56)c5ccccc5c4c3c3ccccc23)c2cccc3c2oc2c(-c4ccccc4C)cccc23)cc1. The Morgan fingerprint density at radius 3 is 1.01 bits per heavy atom. The summed E-state index contributed by atoms with van der Waals surface area (Å²) in [6, 6.07) is 82.7. The van der Waals surface area contributed by atoms with Crippen molar-refractivity contribution in [2.45, 2.75) is 27.7 Å². The predicted molar refractivity (Wildman–Crippen MR) is 322 cm³/mol. The second-order valence-electron chi connectivity index (χ2n) is 20.6. The van der Waals surface area contributed by atoms with E-state index in [9.17, 15) is 0 Å². The van der Waals surface area contributed by atoms with Gasteiger partial charge in [0.1, 0.15) is 22.3 Å². The molecule has 0 aliphatic carbocycles. The number of hydrogen-bond donors (Lipinski definition) is 0. The summed E-state index contributed by atoms with van der Waals surface area (Å²) in [6.07, 6.45) is 0. The van der Waals surface area contributed by atoms with E-state index < -0.39 is 0 Å². The van der Waals surface area contributed by atoms with Crippen LogP contribution in [0.5, 0.6) is 0 Å². The number of furan rings is 3. The molecule has 0 aliphatic rings. The minimum atomic E-state index is 0.789. The van der Waals surface area contributed by atoms with Gasteiger partial charge in [-0.3, -0.25) is 0 Å². The maximum Gasteiger partial charge on any atom is 0.159 e. The van der Waals surface area contributed by atoms with Crippen molar-refractivity contribution < 1.29 is 13.3 Å². The molecule has 0 amide bonds. The van der Waals surface area contributed by atoms with Crippen molar-refractivity contribution in [1.82, 2.24) is 0 Å². The zero-order chi connectivity index (χ0) is 51.5. The number of fused-ring (bicyclic) bond motifs is 13. The van der Waals surface area contributed by atoms with Gasteiger partial charge in [-0.15, -0.1) is 0 Å². The average molecular weight is 991 g/mol. The monoisotopic (exact) mass is 990 g/mol. The van der Waals surface area contributed by atoms with Gasteiger partial charge in [-0.25, -0.2) is 0 Å². The molecule has 0 bridgehead atoms. The van der Waals surface area contributed by atoms with E-state index in [2.05, 4.69) is 268 Å². The van der Waals surface area contributed by atoms with Crippen molar-refractivity contribution in [2.75, 3.05) is 9.80 Å². The van der Waals surface area contributed by atoms with Crippen LogP contribution in [0.1, 0.15) is 22.3 Å². The molecular formula is C72H50N2O3. The van der Waals surface area contributed by atoms with Crippen LogP contribution in [-0.4, -0.2) is 0 Å². The van der Waals surface area contributed by atoms with Crippen LogP contribution in [0.2, 0.25) is 0 Å². The number of hydrogen-bond acceptors (Lipinski definition) is 5. The Morgan fingerprint density at radius 2 is 0.597 bits per heavy atom. The molecule has 77 heavy (non-hydrogen) atoms. The summed E-state index contributed by atoms with van der Waals surface area (Å²) in [4.78, 5) is 4.71. The molecule has 0 radical (unpaired) electrons. The molecule has 0 N–H and O–H groups in total. The Morgan fingerprint density at radius 1 is 0.260 bits per heavy atom. The first-order valence-electron chi connectivity index (χ1n) is 26.4. The third kappa shape index (κ3) is 6.94. The number of nitrogens with zero attached hydrogens (tertiary/aromatic N) is 2. The molecule has 0 aliphatic heterocycles. The van der Waals surface area contributed by atoms with E-state index in [0.29, 0.717) is 0 Å². The molecule has 3 heterocycles. The van der Waals surface area contributed by atoms with Crippen LogP contribution in [0.4, 0.5) is 34.1 Å².